The van der Waals surface area contributed by atoms with Crippen molar-refractivity contribution in [3.8, 4) is 5.69 Å². The monoisotopic (exact) mass is 631 g/mol. The molecule has 3 heterocycles. The summed E-state index contributed by atoms with van der Waals surface area (Å²) >= 11 is 3.62. The zero-order chi connectivity index (χ0) is 29.1. The summed E-state index contributed by atoms with van der Waals surface area (Å²) in [6.45, 7) is 6.75. The predicted molar refractivity (Wildman–Crippen MR) is 180 cm³/mol. The molecule has 208 valence electrons. The summed E-state index contributed by atoms with van der Waals surface area (Å²) in [6, 6.07) is 38.1. The van der Waals surface area contributed by atoms with Crippen molar-refractivity contribution in [1.29, 1.82) is 0 Å². The molecule has 42 heavy (non-hydrogen) atoms. The second kappa shape index (κ2) is 10.1. The molecule has 5 nitrogen and oxygen atoms in total. The molecule has 0 aliphatic carbocycles. The summed E-state index contributed by atoms with van der Waals surface area (Å²) in [4.78, 5) is 7.56. The van der Waals surface area contributed by atoms with E-state index >= 15 is 0 Å². The molecule has 2 aliphatic heterocycles. The highest BCUT2D eigenvalue weighted by molar-refractivity contribution is 9.10. The molecule has 0 saturated heterocycles. The number of anilines is 1. The lowest BCUT2D eigenvalue weighted by Gasteiger charge is -2.35. The molecule has 0 amide bonds. The van der Waals surface area contributed by atoms with Gasteiger partial charge in [0.05, 0.1) is 29.4 Å². The summed E-state index contributed by atoms with van der Waals surface area (Å²) in [5.74, 6) is 0.845. The number of aryl methyl sites for hydroxylation is 1. The minimum atomic E-state index is -2.70. The van der Waals surface area contributed by atoms with Crippen molar-refractivity contribution >= 4 is 57.0 Å². The van der Waals surface area contributed by atoms with E-state index in [0.717, 1.165) is 38.0 Å². The third-order valence-electron chi connectivity index (χ3n) is 8.32. The van der Waals surface area contributed by atoms with Gasteiger partial charge < -0.3 is 4.90 Å². The zero-order valence-corrected chi connectivity index (χ0v) is 26.5. The Bertz CT molecular complexity index is 1940. The van der Waals surface area contributed by atoms with E-state index in [4.69, 9.17) is 14.8 Å². The Morgan fingerprint density at radius 3 is 2.14 bits per heavy atom. The number of aliphatic imine (C=N–C) groups is 1. The van der Waals surface area contributed by atoms with Crippen molar-refractivity contribution in [3.05, 3.63) is 136 Å². The van der Waals surface area contributed by atoms with E-state index in [2.05, 4.69) is 146 Å². The Morgan fingerprint density at radius 1 is 0.810 bits per heavy atom. The molecule has 2 aliphatic rings. The van der Waals surface area contributed by atoms with Crippen LogP contribution in [0.15, 0.2) is 134 Å². The zero-order valence-electron chi connectivity index (χ0n) is 24.0. The second-order valence-electron chi connectivity index (χ2n) is 11.2. The van der Waals surface area contributed by atoms with E-state index in [-0.39, 0.29) is 5.41 Å². The average molecular weight is 633 g/mol. The van der Waals surface area contributed by atoms with Crippen LogP contribution in [0, 0.1) is 6.92 Å². The van der Waals surface area contributed by atoms with E-state index in [9.17, 15) is 0 Å². The number of rotatable bonds is 3. The summed E-state index contributed by atoms with van der Waals surface area (Å²) in [5, 5.41) is 8.56. The van der Waals surface area contributed by atoms with Crippen molar-refractivity contribution in [3.63, 3.8) is 0 Å². The number of likely N-dealkylation sites (N-methyl/N-ethyl adjacent to an activating group) is 1. The van der Waals surface area contributed by atoms with Gasteiger partial charge >= 0.3 is 0 Å². The van der Waals surface area contributed by atoms with Gasteiger partial charge in [-0.05, 0) is 55.0 Å². The van der Waals surface area contributed by atoms with Gasteiger partial charge in [-0.1, -0.05) is 96.5 Å². The molecule has 7 heteroatoms. The molecule has 1 atom stereocenters. The van der Waals surface area contributed by atoms with Crippen molar-refractivity contribution in [1.82, 2.24) is 9.78 Å². The first kappa shape index (κ1) is 26.9. The smallest absolute Gasteiger partial charge is 0.165 e. The number of allylic oxidation sites excluding steroid dienone is 2. The number of hydrogen-bond acceptors (Lipinski definition) is 4. The fraction of sp³-hybridized carbons (Fsp3) is 0.143. The maximum Gasteiger partial charge on any atom is 0.165 e. The molecule has 0 spiro atoms. The van der Waals surface area contributed by atoms with Crippen molar-refractivity contribution in [2.24, 2.45) is 9.74 Å². The quantitative estimate of drug-likeness (QED) is 0.187. The summed E-state index contributed by atoms with van der Waals surface area (Å²) in [6.07, 6.45) is 2.09. The molecule has 4 aromatic carbocycles. The van der Waals surface area contributed by atoms with Crippen molar-refractivity contribution < 1.29 is 0 Å². The molecule has 0 fully saturated rings. The van der Waals surface area contributed by atoms with Crippen molar-refractivity contribution in [2.45, 2.75) is 26.2 Å². The minimum Gasteiger partial charge on any atom is -0.346 e. The fourth-order valence-corrected chi connectivity index (χ4v) is 10.9. The van der Waals surface area contributed by atoms with E-state index in [1.54, 1.807) is 0 Å². The van der Waals surface area contributed by atoms with Gasteiger partial charge in [-0.2, -0.15) is 5.10 Å². The van der Waals surface area contributed by atoms with Gasteiger partial charge in [0, 0.05) is 45.2 Å². The lowest BCUT2D eigenvalue weighted by atomic mass is 9.84. The van der Waals surface area contributed by atoms with Crippen LogP contribution >= 0.6 is 23.0 Å². The lowest BCUT2D eigenvalue weighted by molar-refractivity contribution is 0.639. The Hall–Kier alpha value is -3.99. The largest absolute Gasteiger partial charge is 0.346 e. The van der Waals surface area contributed by atoms with Crippen LogP contribution in [0.2, 0.25) is 0 Å². The van der Waals surface area contributed by atoms with Crippen LogP contribution in [-0.2, 0) is 5.41 Å². The van der Waals surface area contributed by atoms with Gasteiger partial charge in [0.25, 0.3) is 0 Å². The van der Waals surface area contributed by atoms with Gasteiger partial charge in [-0.15, -0.1) is 0 Å². The topological polar surface area (TPSA) is 45.8 Å². The molecule has 0 radical (unpaired) electrons. The Kier molecular flexibility index (Phi) is 6.45. The van der Waals surface area contributed by atoms with Gasteiger partial charge in [-0.3, -0.25) is 4.74 Å². The standard InChI is InChI=1S/C35H31BrN5P/c1-24-32-34(41(38-24)27-13-7-5-8-14-27)37-23-31(33-35(2,3)29-17-11-12-18-30(29)40(33)4)42(32,28-15-9-6-10-16-28)39-26-21-19-25(36)20-22-26/h5-23H,1-4H3/b33-31+/t42-/m0/s1. The van der Waals surface area contributed by atoms with Crippen LogP contribution in [0.4, 0.5) is 17.2 Å². The molecule has 0 unspecified atom stereocenters. The first-order valence-corrected chi connectivity index (χ1v) is 16.6. The summed E-state index contributed by atoms with van der Waals surface area (Å²) < 4.78 is 8.83. The Labute approximate surface area is 255 Å². The number of aromatic nitrogens is 2. The molecular formula is C35H31BrN5P. The minimum absolute atomic E-state index is 0.261. The van der Waals surface area contributed by atoms with E-state index in [1.807, 2.05) is 22.9 Å². The lowest BCUT2D eigenvalue weighted by Crippen LogP contribution is -2.30. The van der Waals surface area contributed by atoms with Gasteiger partial charge in [0.2, 0.25) is 0 Å². The molecule has 5 aromatic rings. The number of nitrogens with zero attached hydrogens (tertiary/aromatic N) is 5. The number of halogens is 1. The third-order valence-corrected chi connectivity index (χ3v) is 12.6. The average Bonchev–Trinajstić information content (AvgIpc) is 3.46. The SMILES string of the molecule is Cc1nn(-c2ccccc2)c2c1[P@](=Nc1ccc(Br)cc1)(c1ccccc1)/C(=C1/N(C)c3ccccc3C1(C)C)C=N2. The summed E-state index contributed by atoms with van der Waals surface area (Å²) in [7, 11) is -0.518. The highest BCUT2D eigenvalue weighted by Gasteiger charge is 2.47. The number of benzene rings is 4. The summed E-state index contributed by atoms with van der Waals surface area (Å²) in [5.41, 5.74) is 6.34. The Balaban J connectivity index is 1.66. The highest BCUT2D eigenvalue weighted by atomic mass is 79.9. The number of para-hydroxylation sites is 2. The van der Waals surface area contributed by atoms with Gasteiger partial charge in [-0.25, -0.2) is 9.67 Å². The predicted octanol–water partition coefficient (Wildman–Crippen LogP) is 8.78. The molecule has 0 bridgehead atoms. The van der Waals surface area contributed by atoms with Crippen LogP contribution < -0.4 is 15.5 Å². The normalized spacial score (nSPS) is 20.4. The first-order valence-electron chi connectivity index (χ1n) is 14.0. The van der Waals surface area contributed by atoms with Crippen LogP contribution in [0.3, 0.4) is 0 Å². The molecular weight excluding hydrogens is 601 g/mol. The van der Waals surface area contributed by atoms with Gasteiger partial charge in [0.1, 0.15) is 0 Å². The number of hydrogen-bond donors (Lipinski definition) is 0. The number of fused-ring (bicyclic) bond motifs is 2. The van der Waals surface area contributed by atoms with Gasteiger partial charge in [0.15, 0.2) is 5.82 Å². The van der Waals surface area contributed by atoms with Crippen LogP contribution in [-0.4, -0.2) is 23.0 Å². The molecule has 7 rings (SSSR count). The van der Waals surface area contributed by atoms with E-state index < -0.39 is 7.05 Å². The van der Waals surface area contributed by atoms with Crippen LogP contribution in [0.25, 0.3) is 5.69 Å². The van der Waals surface area contributed by atoms with Crippen LogP contribution in [0.1, 0.15) is 25.1 Å². The van der Waals surface area contributed by atoms with E-state index in [0.29, 0.717) is 0 Å². The molecule has 1 aromatic heterocycles. The van der Waals surface area contributed by atoms with E-state index in [1.165, 1.54) is 22.3 Å². The molecule has 0 saturated carbocycles. The maximum atomic E-state index is 5.82. The molecule has 0 N–H and O–H groups in total. The van der Waals surface area contributed by atoms with Crippen molar-refractivity contribution in [2.75, 3.05) is 11.9 Å². The first-order chi connectivity index (χ1) is 20.3. The Morgan fingerprint density at radius 2 is 1.45 bits per heavy atom. The second-order valence-corrected chi connectivity index (χ2v) is 15.1. The maximum absolute atomic E-state index is 5.82. The highest BCUT2D eigenvalue weighted by Crippen LogP contribution is 2.64. The third kappa shape index (κ3) is 4.00. The fourth-order valence-electron chi connectivity index (χ4n) is 6.50. The van der Waals surface area contributed by atoms with Crippen LogP contribution in [0.5, 0.6) is 0 Å².